The highest BCUT2D eigenvalue weighted by molar-refractivity contribution is 7.89. The second kappa shape index (κ2) is 6.80. The normalized spacial score (nSPS) is 14.6. The molecule has 0 aromatic heterocycles. The number of nitrogens with one attached hydrogen (secondary N) is 1. The van der Waals surface area contributed by atoms with Gasteiger partial charge in [-0.2, -0.15) is 5.26 Å². The summed E-state index contributed by atoms with van der Waals surface area (Å²) in [4.78, 5) is -0.0260. The van der Waals surface area contributed by atoms with Crippen molar-refractivity contribution >= 4 is 20.8 Å². The summed E-state index contributed by atoms with van der Waals surface area (Å²) in [7, 11) is -4.67. The van der Waals surface area contributed by atoms with Gasteiger partial charge in [0, 0.05) is 28.9 Å². The highest BCUT2D eigenvalue weighted by atomic mass is 32.2. The molecule has 2 atom stereocenters. The molecule has 0 amide bonds. The van der Waals surface area contributed by atoms with E-state index in [1.807, 2.05) is 6.07 Å². The Bertz CT molecular complexity index is 606. The molecule has 1 rings (SSSR count). The Morgan fingerprint density at radius 2 is 2.05 bits per heavy atom. The third-order valence-corrected chi connectivity index (χ3v) is 4.95. The minimum absolute atomic E-state index is 0.0260. The molecule has 1 aromatic carbocycles. The number of benzene rings is 1. The first kappa shape index (κ1) is 15.8. The first-order valence-electron chi connectivity index (χ1n) is 5.68. The number of hydrogen-bond donors (Lipinski definition) is 1. The SMILES string of the molecule is CC(CCS(C)=O)NS(=O)(=O)c1ccccc1C#N. The van der Waals surface area contributed by atoms with Gasteiger partial charge in [0.15, 0.2) is 0 Å². The van der Waals surface area contributed by atoms with E-state index in [9.17, 15) is 12.6 Å². The number of sulfonamides is 1. The fourth-order valence-corrected chi connectivity index (χ4v) is 3.64. The summed E-state index contributed by atoms with van der Waals surface area (Å²) in [6.45, 7) is 1.71. The van der Waals surface area contributed by atoms with Gasteiger partial charge in [0.25, 0.3) is 0 Å². The molecule has 2 unspecified atom stereocenters. The van der Waals surface area contributed by atoms with Crippen molar-refractivity contribution in [3.8, 4) is 6.07 Å². The quantitative estimate of drug-likeness (QED) is 0.849. The summed E-state index contributed by atoms with van der Waals surface area (Å²) in [6.07, 6.45) is 2.06. The predicted octanol–water partition coefficient (Wildman–Crippen LogP) is 0.994. The van der Waals surface area contributed by atoms with Crippen LogP contribution in [0.15, 0.2) is 29.2 Å². The van der Waals surface area contributed by atoms with E-state index in [0.717, 1.165) is 0 Å². The zero-order valence-corrected chi connectivity index (χ0v) is 12.4. The maximum Gasteiger partial charge on any atom is 0.242 e. The molecule has 5 nitrogen and oxygen atoms in total. The monoisotopic (exact) mass is 300 g/mol. The molecule has 1 aromatic rings. The van der Waals surface area contributed by atoms with Crippen LogP contribution in [0.4, 0.5) is 0 Å². The minimum Gasteiger partial charge on any atom is -0.260 e. The Labute approximate surface area is 116 Å². The van der Waals surface area contributed by atoms with E-state index in [4.69, 9.17) is 5.26 Å². The third-order valence-electron chi connectivity index (χ3n) is 2.49. The Morgan fingerprint density at radius 1 is 1.42 bits per heavy atom. The molecule has 0 aliphatic rings. The highest BCUT2D eigenvalue weighted by Gasteiger charge is 2.20. The molecular formula is C12H16N2O3S2. The molecule has 0 saturated carbocycles. The van der Waals surface area contributed by atoms with Crippen LogP contribution >= 0.6 is 0 Å². The maximum atomic E-state index is 12.1. The van der Waals surface area contributed by atoms with Gasteiger partial charge in [-0.3, -0.25) is 4.21 Å². The lowest BCUT2D eigenvalue weighted by Crippen LogP contribution is -2.34. The van der Waals surface area contributed by atoms with Gasteiger partial charge in [-0.25, -0.2) is 13.1 Å². The van der Waals surface area contributed by atoms with Crippen LogP contribution in [0, 0.1) is 11.3 Å². The van der Waals surface area contributed by atoms with E-state index in [1.165, 1.54) is 12.1 Å². The van der Waals surface area contributed by atoms with Crippen LogP contribution in [0.2, 0.25) is 0 Å². The lowest BCUT2D eigenvalue weighted by Gasteiger charge is -2.14. The van der Waals surface area contributed by atoms with Crippen molar-refractivity contribution in [2.45, 2.75) is 24.3 Å². The summed E-state index contributed by atoms with van der Waals surface area (Å²) in [5, 5.41) is 8.91. The predicted molar refractivity (Wildman–Crippen MR) is 74.5 cm³/mol. The minimum atomic E-state index is -3.72. The van der Waals surface area contributed by atoms with E-state index in [0.29, 0.717) is 12.2 Å². The summed E-state index contributed by atoms with van der Waals surface area (Å²) in [5.74, 6) is 0.434. The lowest BCUT2D eigenvalue weighted by molar-refractivity contribution is 0.555. The largest absolute Gasteiger partial charge is 0.260 e. The third kappa shape index (κ3) is 4.74. The Kier molecular flexibility index (Phi) is 5.66. The zero-order chi connectivity index (χ0) is 14.5. The second-order valence-electron chi connectivity index (χ2n) is 4.20. The van der Waals surface area contributed by atoms with Crippen LogP contribution in [0.1, 0.15) is 18.9 Å². The first-order valence-corrected chi connectivity index (χ1v) is 8.89. The summed E-state index contributed by atoms with van der Waals surface area (Å²) in [5.41, 5.74) is 0.112. The van der Waals surface area contributed by atoms with Gasteiger partial charge in [-0.15, -0.1) is 0 Å². The molecule has 0 spiro atoms. The van der Waals surface area contributed by atoms with Gasteiger partial charge < -0.3 is 0 Å². The molecule has 0 heterocycles. The van der Waals surface area contributed by atoms with Gasteiger partial charge >= 0.3 is 0 Å². The standard InChI is InChI=1S/C12H16N2O3S2/c1-10(7-8-18(2)15)14-19(16,17)12-6-4-3-5-11(12)9-13/h3-6,10,14H,7-8H2,1-2H3. The van der Waals surface area contributed by atoms with Gasteiger partial charge in [0.2, 0.25) is 10.0 Å². The van der Waals surface area contributed by atoms with E-state index in [2.05, 4.69) is 4.72 Å². The van der Waals surface area contributed by atoms with Crippen molar-refractivity contribution < 1.29 is 12.6 Å². The smallest absolute Gasteiger partial charge is 0.242 e. The molecule has 1 N–H and O–H groups in total. The van der Waals surface area contributed by atoms with Crippen molar-refractivity contribution in [2.24, 2.45) is 0 Å². The fraction of sp³-hybridized carbons (Fsp3) is 0.417. The number of nitrogens with zero attached hydrogens (tertiary/aromatic N) is 1. The fourth-order valence-electron chi connectivity index (χ4n) is 1.52. The van der Waals surface area contributed by atoms with E-state index >= 15 is 0 Å². The van der Waals surface area contributed by atoms with Gasteiger partial charge in [-0.1, -0.05) is 12.1 Å². The van der Waals surface area contributed by atoms with Crippen LogP contribution in [-0.4, -0.2) is 30.7 Å². The molecule has 0 saturated heterocycles. The Hall–Kier alpha value is -1.23. The molecule has 0 aliphatic carbocycles. The van der Waals surface area contributed by atoms with Gasteiger partial charge in [0.05, 0.1) is 10.5 Å². The average molecular weight is 300 g/mol. The summed E-state index contributed by atoms with van der Waals surface area (Å²) >= 11 is 0. The van der Waals surface area contributed by atoms with Crippen molar-refractivity contribution in [1.82, 2.24) is 4.72 Å². The van der Waals surface area contributed by atoms with Crippen LogP contribution in [0.25, 0.3) is 0 Å². The van der Waals surface area contributed by atoms with Crippen LogP contribution in [0.5, 0.6) is 0 Å². The average Bonchev–Trinajstić information content (AvgIpc) is 2.35. The molecule has 0 aliphatic heterocycles. The van der Waals surface area contributed by atoms with Gasteiger partial charge in [0.1, 0.15) is 6.07 Å². The lowest BCUT2D eigenvalue weighted by atomic mass is 10.2. The molecule has 0 bridgehead atoms. The van der Waals surface area contributed by atoms with E-state index in [1.54, 1.807) is 25.3 Å². The molecular weight excluding hydrogens is 284 g/mol. The zero-order valence-electron chi connectivity index (χ0n) is 10.8. The number of rotatable bonds is 6. The topological polar surface area (TPSA) is 87.0 Å². The molecule has 104 valence electrons. The molecule has 0 fully saturated rings. The number of hydrogen-bond acceptors (Lipinski definition) is 4. The van der Waals surface area contributed by atoms with Crippen molar-refractivity contribution in [2.75, 3.05) is 12.0 Å². The van der Waals surface area contributed by atoms with Crippen LogP contribution in [-0.2, 0) is 20.8 Å². The maximum absolute atomic E-state index is 12.1. The Morgan fingerprint density at radius 3 is 2.63 bits per heavy atom. The van der Waals surface area contributed by atoms with Crippen LogP contribution in [0.3, 0.4) is 0 Å². The van der Waals surface area contributed by atoms with Gasteiger partial charge in [-0.05, 0) is 25.5 Å². The molecule has 7 heteroatoms. The number of nitriles is 1. The summed E-state index contributed by atoms with van der Waals surface area (Å²) < 4.78 is 37.7. The molecule has 19 heavy (non-hydrogen) atoms. The Balaban J connectivity index is 2.87. The van der Waals surface area contributed by atoms with Crippen molar-refractivity contribution in [1.29, 1.82) is 5.26 Å². The molecule has 0 radical (unpaired) electrons. The van der Waals surface area contributed by atoms with Crippen molar-refractivity contribution in [3.05, 3.63) is 29.8 Å². The van der Waals surface area contributed by atoms with Crippen LogP contribution < -0.4 is 4.72 Å². The summed E-state index contributed by atoms with van der Waals surface area (Å²) in [6, 6.07) is 7.56. The first-order chi connectivity index (χ1) is 8.86. The van der Waals surface area contributed by atoms with E-state index < -0.39 is 20.8 Å². The second-order valence-corrected chi connectivity index (χ2v) is 7.43. The van der Waals surface area contributed by atoms with E-state index in [-0.39, 0.29) is 16.5 Å². The highest BCUT2D eigenvalue weighted by Crippen LogP contribution is 2.15. The van der Waals surface area contributed by atoms with Crippen molar-refractivity contribution in [3.63, 3.8) is 0 Å².